The predicted octanol–water partition coefficient (Wildman–Crippen LogP) is 2.21. The molecule has 1 saturated heterocycles. The summed E-state index contributed by atoms with van der Waals surface area (Å²) in [7, 11) is 0. The smallest absolute Gasteiger partial charge is 0.292 e. The zero-order chi connectivity index (χ0) is 14.4. The largest absolute Gasteiger partial charge is 0.350 e. The number of carbonyl (C=O) groups excluding carboxylic acids is 1. The van der Waals surface area contributed by atoms with E-state index >= 15 is 0 Å². The first-order valence-electron chi connectivity index (χ1n) is 7.19. The second-order valence-electron chi connectivity index (χ2n) is 5.65. The van der Waals surface area contributed by atoms with Crippen LogP contribution in [0.25, 0.3) is 0 Å². The highest BCUT2D eigenvalue weighted by molar-refractivity contribution is 9.10. The summed E-state index contributed by atoms with van der Waals surface area (Å²) in [5, 5.41) is 8.31. The summed E-state index contributed by atoms with van der Waals surface area (Å²) in [6, 6.07) is 0.249. The first-order chi connectivity index (χ1) is 10.2. The van der Waals surface area contributed by atoms with Crippen molar-refractivity contribution in [1.29, 1.82) is 0 Å². The van der Waals surface area contributed by atoms with E-state index in [9.17, 15) is 4.79 Å². The third-order valence-electron chi connectivity index (χ3n) is 4.25. The fourth-order valence-electron chi connectivity index (χ4n) is 3.01. The van der Waals surface area contributed by atoms with Gasteiger partial charge in [-0.3, -0.25) is 9.48 Å². The Hall–Kier alpha value is -1.63. The summed E-state index contributed by atoms with van der Waals surface area (Å²) in [6.07, 6.45) is 7.77. The molecule has 1 amide bonds. The monoisotopic (exact) mass is 350 g/mol. The van der Waals surface area contributed by atoms with Crippen molar-refractivity contribution in [3.8, 4) is 0 Å². The van der Waals surface area contributed by atoms with Crippen molar-refractivity contribution in [2.75, 3.05) is 13.1 Å². The van der Waals surface area contributed by atoms with Crippen molar-refractivity contribution >= 4 is 21.8 Å². The molecule has 2 aromatic rings. The van der Waals surface area contributed by atoms with E-state index in [1.54, 1.807) is 11.1 Å². The van der Waals surface area contributed by atoms with Crippen LogP contribution in [-0.4, -0.2) is 38.8 Å². The average Bonchev–Trinajstić information content (AvgIpc) is 3.03. The molecular formula is C14H15BrN4O2. The molecule has 0 aromatic carbocycles. The Morgan fingerprint density at radius 3 is 2.90 bits per heavy atom. The number of likely N-dealkylation sites (tertiary alicyclic amines) is 1. The molecule has 0 atom stereocenters. The van der Waals surface area contributed by atoms with Gasteiger partial charge >= 0.3 is 0 Å². The minimum atomic E-state index is -0.0341. The van der Waals surface area contributed by atoms with Gasteiger partial charge < -0.3 is 9.42 Å². The van der Waals surface area contributed by atoms with Crippen molar-refractivity contribution in [1.82, 2.24) is 19.8 Å². The SMILES string of the molecule is O=C(c1onc2c1CCCC2)N1CC(n2cc(Br)cn2)C1. The molecular weight excluding hydrogens is 336 g/mol. The van der Waals surface area contributed by atoms with Gasteiger partial charge in [0.15, 0.2) is 0 Å². The normalized spacial score (nSPS) is 18.4. The van der Waals surface area contributed by atoms with Crippen LogP contribution in [0.1, 0.15) is 40.7 Å². The van der Waals surface area contributed by atoms with Crippen LogP contribution in [0.3, 0.4) is 0 Å². The Morgan fingerprint density at radius 2 is 2.14 bits per heavy atom. The Balaban J connectivity index is 1.46. The maximum atomic E-state index is 12.5. The van der Waals surface area contributed by atoms with Gasteiger partial charge in [-0.25, -0.2) is 0 Å². The summed E-state index contributed by atoms with van der Waals surface area (Å²) >= 11 is 3.38. The number of rotatable bonds is 2. The maximum Gasteiger partial charge on any atom is 0.292 e. The van der Waals surface area contributed by atoms with Gasteiger partial charge in [-0.2, -0.15) is 5.10 Å². The molecule has 4 rings (SSSR count). The van der Waals surface area contributed by atoms with Gasteiger partial charge in [0.05, 0.1) is 22.4 Å². The molecule has 1 aliphatic carbocycles. The quantitative estimate of drug-likeness (QED) is 0.832. The Kier molecular flexibility index (Phi) is 3.10. The first-order valence-corrected chi connectivity index (χ1v) is 7.98. The number of aryl methyl sites for hydroxylation is 1. The summed E-state index contributed by atoms with van der Waals surface area (Å²) in [5.74, 6) is 0.415. The van der Waals surface area contributed by atoms with E-state index in [0.29, 0.717) is 18.8 Å². The van der Waals surface area contributed by atoms with Crippen molar-refractivity contribution in [2.45, 2.75) is 31.7 Å². The van der Waals surface area contributed by atoms with Crippen LogP contribution in [0.15, 0.2) is 21.4 Å². The van der Waals surface area contributed by atoms with Gasteiger partial charge in [0.1, 0.15) is 0 Å². The summed E-state index contributed by atoms with van der Waals surface area (Å²) in [4.78, 5) is 14.3. The topological polar surface area (TPSA) is 64.2 Å². The van der Waals surface area contributed by atoms with Crippen LogP contribution in [0.4, 0.5) is 0 Å². The Morgan fingerprint density at radius 1 is 1.33 bits per heavy atom. The summed E-state index contributed by atoms with van der Waals surface area (Å²) in [6.45, 7) is 1.34. The second-order valence-corrected chi connectivity index (χ2v) is 6.56. The number of halogens is 1. The fraction of sp³-hybridized carbons (Fsp3) is 0.500. The van der Waals surface area contributed by atoms with E-state index in [4.69, 9.17) is 4.52 Å². The van der Waals surface area contributed by atoms with Crippen molar-refractivity contribution in [2.24, 2.45) is 0 Å². The van der Waals surface area contributed by atoms with Crippen LogP contribution < -0.4 is 0 Å². The molecule has 0 unspecified atom stereocenters. The predicted molar refractivity (Wildman–Crippen MR) is 78.0 cm³/mol. The molecule has 3 heterocycles. The molecule has 0 spiro atoms. The average molecular weight is 351 g/mol. The highest BCUT2D eigenvalue weighted by Crippen LogP contribution is 2.28. The van der Waals surface area contributed by atoms with E-state index in [0.717, 1.165) is 41.4 Å². The van der Waals surface area contributed by atoms with Crippen LogP contribution in [0, 0.1) is 0 Å². The number of hydrogen-bond donors (Lipinski definition) is 0. The zero-order valence-electron chi connectivity index (χ0n) is 11.5. The maximum absolute atomic E-state index is 12.5. The summed E-state index contributed by atoms with van der Waals surface area (Å²) in [5.41, 5.74) is 1.99. The molecule has 1 aliphatic heterocycles. The van der Waals surface area contributed by atoms with Crippen molar-refractivity contribution < 1.29 is 9.32 Å². The second kappa shape index (κ2) is 4.98. The number of carbonyl (C=O) groups is 1. The van der Waals surface area contributed by atoms with Gasteiger partial charge in [0, 0.05) is 24.8 Å². The lowest BCUT2D eigenvalue weighted by molar-refractivity contribution is 0.0459. The molecule has 1 fully saturated rings. The highest BCUT2D eigenvalue weighted by Gasteiger charge is 2.36. The lowest BCUT2D eigenvalue weighted by Gasteiger charge is -2.38. The fourth-order valence-corrected chi connectivity index (χ4v) is 3.31. The van der Waals surface area contributed by atoms with Crippen molar-refractivity contribution in [3.05, 3.63) is 33.9 Å². The molecule has 0 N–H and O–H groups in total. The van der Waals surface area contributed by atoms with Crippen LogP contribution in [0.2, 0.25) is 0 Å². The molecule has 2 aliphatic rings. The van der Waals surface area contributed by atoms with E-state index < -0.39 is 0 Å². The third kappa shape index (κ3) is 2.19. The minimum absolute atomic E-state index is 0.0341. The summed E-state index contributed by atoms with van der Waals surface area (Å²) < 4.78 is 8.16. The number of nitrogens with zero attached hydrogens (tertiary/aromatic N) is 4. The molecule has 7 heteroatoms. The molecule has 0 saturated carbocycles. The molecule has 6 nitrogen and oxygen atoms in total. The van der Waals surface area contributed by atoms with E-state index in [-0.39, 0.29) is 11.9 Å². The van der Waals surface area contributed by atoms with Crippen molar-refractivity contribution in [3.63, 3.8) is 0 Å². The minimum Gasteiger partial charge on any atom is -0.350 e. The van der Waals surface area contributed by atoms with Gasteiger partial charge in [-0.15, -0.1) is 0 Å². The molecule has 2 aromatic heterocycles. The molecule has 110 valence electrons. The number of aromatic nitrogens is 3. The number of hydrogen-bond acceptors (Lipinski definition) is 4. The Labute approximate surface area is 130 Å². The van der Waals surface area contributed by atoms with Crippen LogP contribution in [0.5, 0.6) is 0 Å². The lowest BCUT2D eigenvalue weighted by Crippen LogP contribution is -2.51. The van der Waals surface area contributed by atoms with E-state index in [2.05, 4.69) is 26.2 Å². The van der Waals surface area contributed by atoms with Gasteiger partial charge in [-0.1, -0.05) is 5.16 Å². The number of fused-ring (bicyclic) bond motifs is 1. The zero-order valence-corrected chi connectivity index (χ0v) is 13.0. The van der Waals surface area contributed by atoms with Gasteiger partial charge in [0.25, 0.3) is 5.91 Å². The Bertz CT molecular complexity index is 687. The standard InChI is InChI=1S/C14H15BrN4O2/c15-9-5-16-19(6-9)10-7-18(8-10)14(20)13-11-3-1-2-4-12(11)17-21-13/h5-6,10H,1-4,7-8H2. The molecule has 0 bridgehead atoms. The lowest BCUT2D eigenvalue weighted by atomic mass is 9.95. The van der Waals surface area contributed by atoms with Crippen LogP contribution >= 0.6 is 15.9 Å². The highest BCUT2D eigenvalue weighted by atomic mass is 79.9. The van der Waals surface area contributed by atoms with E-state index in [1.165, 1.54) is 0 Å². The van der Waals surface area contributed by atoms with E-state index in [1.807, 2.05) is 10.9 Å². The van der Waals surface area contributed by atoms with Gasteiger partial charge in [-0.05, 0) is 41.6 Å². The third-order valence-corrected chi connectivity index (χ3v) is 4.66. The van der Waals surface area contributed by atoms with Crippen LogP contribution in [-0.2, 0) is 12.8 Å². The number of amides is 1. The molecule has 0 radical (unpaired) electrons. The molecule has 21 heavy (non-hydrogen) atoms. The first kappa shape index (κ1) is 13.1. The van der Waals surface area contributed by atoms with Gasteiger partial charge in [0.2, 0.25) is 5.76 Å².